The van der Waals surface area contributed by atoms with Gasteiger partial charge in [-0.25, -0.2) is 9.67 Å². The topological polar surface area (TPSA) is 76.4 Å². The van der Waals surface area contributed by atoms with E-state index in [0.29, 0.717) is 12.0 Å². The van der Waals surface area contributed by atoms with Crippen LogP contribution in [0.4, 0.5) is 0 Å². The van der Waals surface area contributed by atoms with Gasteiger partial charge in [0, 0.05) is 32.0 Å². The van der Waals surface area contributed by atoms with E-state index < -0.39 is 0 Å². The zero-order valence-corrected chi connectivity index (χ0v) is 17.6. The van der Waals surface area contributed by atoms with Crippen LogP contribution in [0, 0.1) is 6.92 Å². The molecule has 0 fully saturated rings. The Morgan fingerprint density at radius 2 is 2.21 bits per heavy atom. The zero-order chi connectivity index (χ0) is 20.1. The summed E-state index contributed by atoms with van der Waals surface area (Å²) in [6.45, 7) is 7.95. The summed E-state index contributed by atoms with van der Waals surface area (Å²) < 4.78 is 7.45. The van der Waals surface area contributed by atoms with Crippen molar-refractivity contribution < 1.29 is 4.74 Å². The molecule has 7 nitrogen and oxygen atoms in total. The van der Waals surface area contributed by atoms with E-state index in [0.717, 1.165) is 61.3 Å². The Bertz CT molecular complexity index is 826. The molecule has 1 unspecified atom stereocenters. The molecular formula is C21H32N6O. The van der Waals surface area contributed by atoms with E-state index in [4.69, 9.17) is 4.74 Å². The van der Waals surface area contributed by atoms with Gasteiger partial charge >= 0.3 is 0 Å². The second-order valence-electron chi connectivity index (χ2n) is 7.66. The predicted molar refractivity (Wildman–Crippen MR) is 112 cm³/mol. The molecule has 7 heteroatoms. The molecule has 0 amide bonds. The van der Waals surface area contributed by atoms with Crippen molar-refractivity contribution >= 4 is 5.96 Å². The number of hydrogen-bond acceptors (Lipinski definition) is 4. The van der Waals surface area contributed by atoms with Gasteiger partial charge in [0.25, 0.3) is 0 Å². The number of guanidine groups is 1. The average Bonchev–Trinajstić information content (AvgIpc) is 3.12. The summed E-state index contributed by atoms with van der Waals surface area (Å²) in [7, 11) is 3.52. The lowest BCUT2D eigenvalue weighted by Crippen LogP contribution is -2.47. The molecule has 0 bridgehead atoms. The molecule has 3 rings (SSSR count). The van der Waals surface area contributed by atoms with Crippen LogP contribution in [-0.4, -0.2) is 47.5 Å². The summed E-state index contributed by atoms with van der Waals surface area (Å²) in [5.74, 6) is 4.16. The van der Waals surface area contributed by atoms with Gasteiger partial charge in [-0.3, -0.25) is 4.99 Å². The minimum absolute atomic E-state index is 0.305. The highest BCUT2D eigenvalue weighted by atomic mass is 16.5. The van der Waals surface area contributed by atoms with E-state index in [2.05, 4.69) is 64.7 Å². The number of aliphatic imine (C=N–C) groups is 1. The van der Waals surface area contributed by atoms with Crippen molar-refractivity contribution in [1.82, 2.24) is 25.4 Å². The lowest BCUT2D eigenvalue weighted by Gasteiger charge is -2.25. The lowest BCUT2D eigenvalue weighted by atomic mass is 10.1. The van der Waals surface area contributed by atoms with Crippen molar-refractivity contribution in [3.8, 4) is 5.75 Å². The van der Waals surface area contributed by atoms with Gasteiger partial charge in [0.15, 0.2) is 11.8 Å². The van der Waals surface area contributed by atoms with Crippen molar-refractivity contribution in [1.29, 1.82) is 0 Å². The van der Waals surface area contributed by atoms with Crippen molar-refractivity contribution in [2.45, 2.75) is 58.5 Å². The Kier molecular flexibility index (Phi) is 6.54. The smallest absolute Gasteiger partial charge is 0.191 e. The predicted octanol–water partition coefficient (Wildman–Crippen LogP) is 2.44. The molecule has 0 spiro atoms. The van der Waals surface area contributed by atoms with Crippen LogP contribution in [-0.2, 0) is 19.4 Å². The third-order valence-corrected chi connectivity index (χ3v) is 5.13. The van der Waals surface area contributed by atoms with Crippen LogP contribution in [0.15, 0.2) is 23.2 Å². The van der Waals surface area contributed by atoms with Gasteiger partial charge in [0.05, 0.1) is 13.7 Å². The number of rotatable bonds is 6. The number of nitrogens with zero attached hydrogens (tertiary/aromatic N) is 4. The van der Waals surface area contributed by atoms with Gasteiger partial charge in [0.1, 0.15) is 11.6 Å². The molecule has 1 aliphatic heterocycles. The van der Waals surface area contributed by atoms with Crippen molar-refractivity contribution in [3.63, 3.8) is 0 Å². The van der Waals surface area contributed by atoms with Crippen LogP contribution >= 0.6 is 0 Å². The lowest BCUT2D eigenvalue weighted by molar-refractivity contribution is 0.391. The highest BCUT2D eigenvalue weighted by molar-refractivity contribution is 5.79. The summed E-state index contributed by atoms with van der Waals surface area (Å²) in [6, 6.07) is 6.66. The summed E-state index contributed by atoms with van der Waals surface area (Å²) in [5, 5.41) is 11.6. The second-order valence-corrected chi connectivity index (χ2v) is 7.66. The first-order valence-electron chi connectivity index (χ1n) is 10.0. The number of hydrogen-bond donors (Lipinski definition) is 2. The summed E-state index contributed by atoms with van der Waals surface area (Å²) in [5.41, 5.74) is 2.40. The average molecular weight is 385 g/mol. The Balaban J connectivity index is 1.51. The third kappa shape index (κ3) is 4.82. The second kappa shape index (κ2) is 9.08. The van der Waals surface area contributed by atoms with E-state index >= 15 is 0 Å². The summed E-state index contributed by atoms with van der Waals surface area (Å²) >= 11 is 0. The van der Waals surface area contributed by atoms with Crippen LogP contribution in [0.2, 0.25) is 0 Å². The molecule has 2 N–H and O–H groups in total. The summed E-state index contributed by atoms with van der Waals surface area (Å²) in [6.07, 6.45) is 2.89. The molecular weight excluding hydrogens is 352 g/mol. The molecule has 28 heavy (non-hydrogen) atoms. The first-order valence-corrected chi connectivity index (χ1v) is 10.0. The zero-order valence-electron chi connectivity index (χ0n) is 17.6. The van der Waals surface area contributed by atoms with Crippen LogP contribution in [0.1, 0.15) is 49.0 Å². The molecule has 0 saturated heterocycles. The molecule has 2 heterocycles. The van der Waals surface area contributed by atoms with Gasteiger partial charge in [0.2, 0.25) is 0 Å². The number of aromatic nitrogens is 3. The van der Waals surface area contributed by atoms with Crippen LogP contribution in [0.25, 0.3) is 0 Å². The molecule has 0 aliphatic carbocycles. The van der Waals surface area contributed by atoms with Gasteiger partial charge in [-0.1, -0.05) is 26.0 Å². The molecule has 1 aromatic carbocycles. The van der Waals surface area contributed by atoms with Gasteiger partial charge < -0.3 is 15.4 Å². The SMILES string of the molecule is CN=C(NCCc1ccc(C)c(OC)c1)NC1CCc2nc(C(C)C)nn2C1. The van der Waals surface area contributed by atoms with Gasteiger partial charge in [-0.2, -0.15) is 5.10 Å². The van der Waals surface area contributed by atoms with E-state index in [1.165, 1.54) is 5.56 Å². The maximum Gasteiger partial charge on any atom is 0.191 e. The molecule has 152 valence electrons. The number of nitrogens with one attached hydrogen (secondary N) is 2. The molecule has 1 atom stereocenters. The van der Waals surface area contributed by atoms with Crippen molar-refractivity contribution in [3.05, 3.63) is 41.0 Å². The Labute approximate surface area is 167 Å². The van der Waals surface area contributed by atoms with Crippen LogP contribution in [0.5, 0.6) is 5.75 Å². The van der Waals surface area contributed by atoms with Gasteiger partial charge in [-0.15, -0.1) is 0 Å². The van der Waals surface area contributed by atoms with E-state index in [-0.39, 0.29) is 0 Å². The number of benzene rings is 1. The maximum absolute atomic E-state index is 5.41. The standard InChI is InChI=1S/C21H32N6O/c1-14(2)20-25-19-9-8-17(13-27(19)26-20)24-21(22-4)23-11-10-16-7-6-15(3)18(12-16)28-5/h6-7,12,14,17H,8-11,13H2,1-5H3,(H2,22,23,24). The Morgan fingerprint density at radius 1 is 1.39 bits per heavy atom. The number of aryl methyl sites for hydroxylation is 2. The maximum atomic E-state index is 5.41. The quantitative estimate of drug-likeness (QED) is 0.591. The Hall–Kier alpha value is -2.57. The fourth-order valence-electron chi connectivity index (χ4n) is 3.42. The Morgan fingerprint density at radius 3 is 2.93 bits per heavy atom. The highest BCUT2D eigenvalue weighted by Crippen LogP contribution is 2.19. The molecule has 0 radical (unpaired) electrons. The summed E-state index contributed by atoms with van der Waals surface area (Å²) in [4.78, 5) is 9.03. The number of ether oxygens (including phenoxy) is 1. The van der Waals surface area contributed by atoms with E-state index in [1.54, 1.807) is 7.11 Å². The van der Waals surface area contributed by atoms with Gasteiger partial charge in [-0.05, 0) is 37.0 Å². The minimum atomic E-state index is 0.305. The van der Waals surface area contributed by atoms with Crippen molar-refractivity contribution in [2.75, 3.05) is 20.7 Å². The first kappa shape index (κ1) is 20.2. The van der Waals surface area contributed by atoms with Crippen LogP contribution in [0.3, 0.4) is 0 Å². The minimum Gasteiger partial charge on any atom is -0.496 e. The highest BCUT2D eigenvalue weighted by Gasteiger charge is 2.23. The first-order chi connectivity index (χ1) is 13.5. The monoisotopic (exact) mass is 384 g/mol. The number of methoxy groups -OCH3 is 1. The number of fused-ring (bicyclic) bond motifs is 1. The van der Waals surface area contributed by atoms with Crippen molar-refractivity contribution in [2.24, 2.45) is 4.99 Å². The molecule has 1 aliphatic rings. The van der Waals surface area contributed by atoms with Crippen LogP contribution < -0.4 is 15.4 Å². The fourth-order valence-corrected chi connectivity index (χ4v) is 3.42. The van der Waals surface area contributed by atoms with E-state index in [1.807, 2.05) is 11.7 Å². The molecule has 1 aromatic heterocycles. The van der Waals surface area contributed by atoms with E-state index in [9.17, 15) is 0 Å². The third-order valence-electron chi connectivity index (χ3n) is 5.13. The molecule has 0 saturated carbocycles. The normalized spacial score (nSPS) is 16.8. The largest absolute Gasteiger partial charge is 0.496 e. The molecule has 2 aromatic rings. The fraction of sp³-hybridized carbons (Fsp3) is 0.571.